The number of aromatic nitrogens is 1. The Labute approximate surface area is 181 Å². The number of nitrogens with zero attached hydrogens (tertiary/aromatic N) is 2. The minimum atomic E-state index is -3.74. The SMILES string of the molecule is CC(C)COc1ncc(-c2ccc(C(=O)NS(C)(=O)=O)cc2C(=O)N(C)C)cc1Cl. The molecule has 162 valence electrons. The highest BCUT2D eigenvalue weighted by atomic mass is 35.5. The maximum atomic E-state index is 12.7. The fourth-order valence-corrected chi connectivity index (χ4v) is 3.18. The molecule has 1 aromatic heterocycles. The number of pyridine rings is 1. The van der Waals surface area contributed by atoms with E-state index in [1.165, 1.54) is 23.2 Å². The Hall–Kier alpha value is -2.65. The second-order valence-corrected chi connectivity index (χ2v) is 9.53. The molecule has 8 nitrogen and oxygen atoms in total. The zero-order chi connectivity index (χ0) is 22.6. The van der Waals surface area contributed by atoms with Crippen LogP contribution in [-0.2, 0) is 10.0 Å². The van der Waals surface area contributed by atoms with E-state index in [9.17, 15) is 18.0 Å². The first-order valence-corrected chi connectivity index (χ1v) is 11.3. The molecule has 1 aromatic carbocycles. The lowest BCUT2D eigenvalue weighted by atomic mass is 9.97. The summed E-state index contributed by atoms with van der Waals surface area (Å²) in [7, 11) is -0.596. The second kappa shape index (κ2) is 9.44. The normalized spacial score (nSPS) is 11.3. The summed E-state index contributed by atoms with van der Waals surface area (Å²) in [5.41, 5.74) is 1.28. The van der Waals surface area contributed by atoms with Crippen LogP contribution in [0.15, 0.2) is 30.5 Å². The maximum absolute atomic E-state index is 12.7. The quantitative estimate of drug-likeness (QED) is 0.691. The molecule has 0 atom stereocenters. The Morgan fingerprint density at radius 1 is 1.23 bits per heavy atom. The Balaban J connectivity index is 2.50. The predicted molar refractivity (Wildman–Crippen MR) is 115 cm³/mol. The summed E-state index contributed by atoms with van der Waals surface area (Å²) in [6.07, 6.45) is 2.40. The van der Waals surface area contributed by atoms with Gasteiger partial charge in [0.1, 0.15) is 5.02 Å². The van der Waals surface area contributed by atoms with Crippen LogP contribution in [0.25, 0.3) is 11.1 Å². The van der Waals surface area contributed by atoms with Gasteiger partial charge in [0.05, 0.1) is 12.9 Å². The first kappa shape index (κ1) is 23.6. The smallest absolute Gasteiger partial charge is 0.264 e. The minimum Gasteiger partial charge on any atom is -0.476 e. The number of carbonyl (C=O) groups excluding carboxylic acids is 2. The Bertz CT molecular complexity index is 1070. The highest BCUT2D eigenvalue weighted by molar-refractivity contribution is 7.89. The van der Waals surface area contributed by atoms with Crippen LogP contribution in [0.5, 0.6) is 5.88 Å². The van der Waals surface area contributed by atoms with Crippen molar-refractivity contribution < 1.29 is 22.7 Å². The lowest BCUT2D eigenvalue weighted by Gasteiger charge is -2.16. The number of sulfonamides is 1. The van der Waals surface area contributed by atoms with Gasteiger partial charge in [0.25, 0.3) is 11.8 Å². The van der Waals surface area contributed by atoms with Gasteiger partial charge in [-0.15, -0.1) is 0 Å². The van der Waals surface area contributed by atoms with Crippen molar-refractivity contribution in [2.24, 2.45) is 5.92 Å². The number of carbonyl (C=O) groups is 2. The van der Waals surface area contributed by atoms with Crippen LogP contribution in [0.2, 0.25) is 5.02 Å². The van der Waals surface area contributed by atoms with Gasteiger partial charge in [-0.25, -0.2) is 18.1 Å². The lowest BCUT2D eigenvalue weighted by Crippen LogP contribution is -2.30. The molecule has 2 amide bonds. The highest BCUT2D eigenvalue weighted by Crippen LogP contribution is 2.31. The number of halogens is 1. The second-order valence-electron chi connectivity index (χ2n) is 7.38. The molecule has 0 aliphatic rings. The Morgan fingerprint density at radius 3 is 2.43 bits per heavy atom. The van der Waals surface area contributed by atoms with Gasteiger partial charge in [0, 0.05) is 37.0 Å². The van der Waals surface area contributed by atoms with Crippen molar-refractivity contribution in [3.8, 4) is 17.0 Å². The standard InChI is InChI=1S/C20H24ClN3O5S/c1-12(2)11-29-19-17(21)9-14(10-22-19)15-7-6-13(18(25)23-30(5,27)28)8-16(15)20(26)24(3)4/h6-10,12H,11H2,1-5H3,(H,23,25). The van der Waals surface area contributed by atoms with Crippen LogP contribution < -0.4 is 9.46 Å². The maximum Gasteiger partial charge on any atom is 0.264 e. The van der Waals surface area contributed by atoms with E-state index in [1.54, 1.807) is 26.2 Å². The van der Waals surface area contributed by atoms with Gasteiger partial charge in [-0.3, -0.25) is 9.59 Å². The van der Waals surface area contributed by atoms with E-state index in [-0.39, 0.29) is 22.1 Å². The number of hydrogen-bond donors (Lipinski definition) is 1. The van der Waals surface area contributed by atoms with Crippen LogP contribution >= 0.6 is 11.6 Å². The molecule has 1 N–H and O–H groups in total. The molecule has 0 bridgehead atoms. The minimum absolute atomic E-state index is 0.0327. The van der Waals surface area contributed by atoms with Crippen molar-refractivity contribution in [1.29, 1.82) is 0 Å². The van der Waals surface area contributed by atoms with Gasteiger partial charge in [-0.1, -0.05) is 31.5 Å². The van der Waals surface area contributed by atoms with Gasteiger partial charge in [-0.05, 0) is 29.7 Å². The third-order valence-electron chi connectivity index (χ3n) is 3.87. The van der Waals surface area contributed by atoms with Crippen LogP contribution in [0.3, 0.4) is 0 Å². The van der Waals surface area contributed by atoms with Crippen molar-refractivity contribution in [2.75, 3.05) is 27.0 Å². The topological polar surface area (TPSA) is 106 Å². The molecule has 0 radical (unpaired) electrons. The molecule has 0 aliphatic carbocycles. The number of hydrogen-bond acceptors (Lipinski definition) is 6. The molecular weight excluding hydrogens is 430 g/mol. The number of rotatable bonds is 7. The number of amides is 2. The monoisotopic (exact) mass is 453 g/mol. The van der Waals surface area contributed by atoms with E-state index < -0.39 is 15.9 Å². The zero-order valence-electron chi connectivity index (χ0n) is 17.4. The fourth-order valence-electron chi connectivity index (χ4n) is 2.51. The molecule has 0 spiro atoms. The van der Waals surface area contributed by atoms with E-state index >= 15 is 0 Å². The first-order chi connectivity index (χ1) is 13.9. The molecule has 0 fully saturated rings. The molecule has 0 saturated heterocycles. The van der Waals surface area contributed by atoms with E-state index in [0.717, 1.165) is 6.26 Å². The van der Waals surface area contributed by atoms with E-state index in [2.05, 4.69) is 4.98 Å². The molecule has 1 heterocycles. The average molecular weight is 454 g/mol. The Kier molecular flexibility index (Phi) is 7.44. The number of ether oxygens (including phenoxy) is 1. The summed E-state index contributed by atoms with van der Waals surface area (Å²) in [6, 6.07) is 5.95. The summed E-state index contributed by atoms with van der Waals surface area (Å²) in [4.78, 5) is 30.5. The molecule has 30 heavy (non-hydrogen) atoms. The third-order valence-corrected chi connectivity index (χ3v) is 4.70. The summed E-state index contributed by atoms with van der Waals surface area (Å²) in [6.45, 7) is 4.46. The first-order valence-electron chi connectivity index (χ1n) is 9.05. The average Bonchev–Trinajstić information content (AvgIpc) is 2.64. The van der Waals surface area contributed by atoms with Gasteiger partial charge in [0.2, 0.25) is 15.9 Å². The van der Waals surface area contributed by atoms with Gasteiger partial charge >= 0.3 is 0 Å². The van der Waals surface area contributed by atoms with Crippen molar-refractivity contribution >= 4 is 33.4 Å². The lowest BCUT2D eigenvalue weighted by molar-refractivity contribution is 0.0828. The van der Waals surface area contributed by atoms with Gasteiger partial charge < -0.3 is 9.64 Å². The summed E-state index contributed by atoms with van der Waals surface area (Å²) in [5, 5.41) is 0.287. The van der Waals surface area contributed by atoms with Crippen LogP contribution in [0.4, 0.5) is 0 Å². The van der Waals surface area contributed by atoms with E-state index in [1.807, 2.05) is 18.6 Å². The van der Waals surface area contributed by atoms with Crippen molar-refractivity contribution in [3.05, 3.63) is 46.6 Å². The molecule has 0 saturated carbocycles. The summed E-state index contributed by atoms with van der Waals surface area (Å²) < 4.78 is 30.2. The zero-order valence-corrected chi connectivity index (χ0v) is 19.0. The van der Waals surface area contributed by atoms with Crippen molar-refractivity contribution in [1.82, 2.24) is 14.6 Å². The molecule has 2 aromatic rings. The molecule has 10 heteroatoms. The van der Waals surface area contributed by atoms with E-state index in [4.69, 9.17) is 16.3 Å². The summed E-state index contributed by atoms with van der Waals surface area (Å²) in [5.74, 6) is -0.600. The predicted octanol–water partition coefficient (Wildman–Crippen LogP) is 2.83. The molecule has 2 rings (SSSR count). The van der Waals surface area contributed by atoms with Gasteiger partial charge in [-0.2, -0.15) is 0 Å². The fraction of sp³-hybridized carbons (Fsp3) is 0.350. The summed E-state index contributed by atoms with van der Waals surface area (Å²) >= 11 is 6.30. The van der Waals surface area contributed by atoms with Crippen LogP contribution in [-0.4, -0.2) is 57.1 Å². The van der Waals surface area contributed by atoms with Crippen LogP contribution in [0, 0.1) is 5.92 Å². The molecule has 0 aliphatic heterocycles. The molecular formula is C20H24ClN3O5S. The number of nitrogens with one attached hydrogen (secondary N) is 1. The van der Waals surface area contributed by atoms with Crippen molar-refractivity contribution in [2.45, 2.75) is 13.8 Å². The highest BCUT2D eigenvalue weighted by Gasteiger charge is 2.20. The van der Waals surface area contributed by atoms with Crippen LogP contribution in [0.1, 0.15) is 34.6 Å². The largest absolute Gasteiger partial charge is 0.476 e. The van der Waals surface area contributed by atoms with E-state index in [0.29, 0.717) is 29.5 Å². The Morgan fingerprint density at radius 2 is 1.90 bits per heavy atom. The third kappa shape index (κ3) is 6.17. The molecule has 0 unspecified atom stereocenters. The van der Waals surface area contributed by atoms with Gasteiger partial charge in [0.15, 0.2) is 0 Å². The number of benzene rings is 1. The van der Waals surface area contributed by atoms with Crippen molar-refractivity contribution in [3.63, 3.8) is 0 Å².